The normalized spacial score (nSPS) is 20.3. The Morgan fingerprint density at radius 1 is 1.36 bits per heavy atom. The van der Waals surface area contributed by atoms with Crippen LogP contribution in [0.1, 0.15) is 43.0 Å². The van der Waals surface area contributed by atoms with Gasteiger partial charge in [0.05, 0.1) is 23.3 Å². The van der Waals surface area contributed by atoms with E-state index >= 15 is 0 Å². The van der Waals surface area contributed by atoms with Crippen molar-refractivity contribution >= 4 is 39.2 Å². The van der Waals surface area contributed by atoms with E-state index in [1.165, 1.54) is 28.6 Å². The molecule has 8 heteroatoms. The summed E-state index contributed by atoms with van der Waals surface area (Å²) in [5.41, 5.74) is 1.24. The first-order chi connectivity index (χ1) is 13.5. The van der Waals surface area contributed by atoms with Gasteiger partial charge in [0, 0.05) is 25.6 Å². The minimum absolute atomic E-state index is 0.0217. The van der Waals surface area contributed by atoms with Gasteiger partial charge in [0.25, 0.3) is 5.56 Å². The minimum Gasteiger partial charge on any atom is -0.376 e. The van der Waals surface area contributed by atoms with Crippen LogP contribution in [0, 0.1) is 0 Å². The molecule has 2 aromatic heterocycles. The van der Waals surface area contributed by atoms with Crippen LogP contribution in [0.25, 0.3) is 10.2 Å². The van der Waals surface area contributed by atoms with E-state index in [4.69, 9.17) is 9.72 Å². The van der Waals surface area contributed by atoms with Gasteiger partial charge in [-0.2, -0.15) is 0 Å². The monoisotopic (exact) mass is 421 g/mol. The maximum atomic E-state index is 13.5. The third-order valence-corrected chi connectivity index (χ3v) is 7.78. The fourth-order valence-electron chi connectivity index (χ4n) is 4.03. The van der Waals surface area contributed by atoms with E-state index < -0.39 is 0 Å². The second kappa shape index (κ2) is 8.16. The van der Waals surface area contributed by atoms with Gasteiger partial charge in [0.2, 0.25) is 5.91 Å². The van der Waals surface area contributed by atoms with E-state index in [9.17, 15) is 9.59 Å². The Kier molecular flexibility index (Phi) is 5.81. The molecule has 6 nitrogen and oxygen atoms in total. The molecule has 0 radical (unpaired) electrons. The Bertz CT molecular complexity index is 944. The van der Waals surface area contributed by atoms with Crippen molar-refractivity contribution in [1.82, 2.24) is 14.5 Å². The molecule has 152 valence electrons. The van der Waals surface area contributed by atoms with Crippen molar-refractivity contribution in [2.45, 2.75) is 68.5 Å². The molecule has 0 unspecified atom stereocenters. The molecule has 28 heavy (non-hydrogen) atoms. The van der Waals surface area contributed by atoms with E-state index in [1.807, 2.05) is 6.92 Å². The van der Waals surface area contributed by atoms with Crippen molar-refractivity contribution in [3.8, 4) is 0 Å². The van der Waals surface area contributed by atoms with Crippen molar-refractivity contribution < 1.29 is 9.53 Å². The SMILES string of the molecule is C[C@@H](Sc1nc2sc3c(c2c(=O)n1C[C@H]1CCCO1)CCCC3)C(=O)N(C)C. The summed E-state index contributed by atoms with van der Waals surface area (Å²) in [5.74, 6) is 0.0217. The van der Waals surface area contributed by atoms with E-state index in [0.29, 0.717) is 11.7 Å². The summed E-state index contributed by atoms with van der Waals surface area (Å²) in [5, 5.41) is 1.13. The topological polar surface area (TPSA) is 64.4 Å². The number of rotatable bonds is 5. The summed E-state index contributed by atoms with van der Waals surface area (Å²) < 4.78 is 7.56. The summed E-state index contributed by atoms with van der Waals surface area (Å²) in [7, 11) is 3.51. The predicted octanol–water partition coefficient (Wildman–Crippen LogP) is 3.08. The van der Waals surface area contributed by atoms with Crippen molar-refractivity contribution in [1.29, 1.82) is 0 Å². The molecule has 0 aromatic carbocycles. The summed E-state index contributed by atoms with van der Waals surface area (Å²) >= 11 is 3.03. The summed E-state index contributed by atoms with van der Waals surface area (Å²) in [6, 6.07) is 0. The Hall–Kier alpha value is -1.38. The first kappa shape index (κ1) is 19.9. The van der Waals surface area contributed by atoms with Crippen LogP contribution < -0.4 is 5.56 Å². The van der Waals surface area contributed by atoms with E-state index in [0.717, 1.165) is 48.9 Å². The lowest BCUT2D eigenvalue weighted by Gasteiger charge is -2.20. The fourth-order valence-corrected chi connectivity index (χ4v) is 6.40. The molecule has 1 amide bonds. The highest BCUT2D eigenvalue weighted by Crippen LogP contribution is 2.35. The largest absolute Gasteiger partial charge is 0.376 e. The Balaban J connectivity index is 1.79. The number of hydrogen-bond donors (Lipinski definition) is 0. The average molecular weight is 422 g/mol. The number of fused-ring (bicyclic) bond motifs is 3. The van der Waals surface area contributed by atoms with Gasteiger partial charge < -0.3 is 9.64 Å². The van der Waals surface area contributed by atoms with Crippen LogP contribution in [0.3, 0.4) is 0 Å². The summed E-state index contributed by atoms with van der Waals surface area (Å²) in [6.07, 6.45) is 6.36. The van der Waals surface area contributed by atoms with Crippen LogP contribution in [0.15, 0.2) is 9.95 Å². The third-order valence-electron chi connectivity index (χ3n) is 5.52. The van der Waals surface area contributed by atoms with E-state index in [1.54, 1.807) is 34.9 Å². The first-order valence-electron chi connectivity index (χ1n) is 10.00. The number of carbonyl (C=O) groups excluding carboxylic acids is 1. The second-order valence-corrected chi connectivity index (χ2v) is 10.2. The number of aromatic nitrogens is 2. The smallest absolute Gasteiger partial charge is 0.263 e. The van der Waals surface area contributed by atoms with Gasteiger partial charge in [-0.1, -0.05) is 11.8 Å². The lowest BCUT2D eigenvalue weighted by Crippen LogP contribution is -2.32. The standard InChI is InChI=1S/C20H27N3O3S2/c1-12(18(24)22(2)3)27-20-21-17-16(14-8-4-5-9-15(14)28-17)19(25)23(20)11-13-7-6-10-26-13/h12-13H,4-11H2,1-3H3/t12-,13-/m1/s1. The van der Waals surface area contributed by atoms with E-state index in [-0.39, 0.29) is 22.8 Å². The van der Waals surface area contributed by atoms with Crippen LogP contribution in [0.5, 0.6) is 0 Å². The van der Waals surface area contributed by atoms with Crippen molar-refractivity contribution in [2.75, 3.05) is 20.7 Å². The minimum atomic E-state index is -0.301. The summed E-state index contributed by atoms with van der Waals surface area (Å²) in [6.45, 7) is 3.14. The molecule has 0 spiro atoms. The van der Waals surface area contributed by atoms with Gasteiger partial charge in [-0.25, -0.2) is 4.98 Å². The number of aryl methyl sites for hydroxylation is 2. The molecule has 1 saturated heterocycles. The Labute approximate surface area is 173 Å². The van der Waals surface area contributed by atoms with Crippen LogP contribution in [0.2, 0.25) is 0 Å². The molecular weight excluding hydrogens is 394 g/mol. The molecule has 0 bridgehead atoms. The number of nitrogens with zero attached hydrogens (tertiary/aromatic N) is 3. The maximum Gasteiger partial charge on any atom is 0.263 e. The summed E-state index contributed by atoms with van der Waals surface area (Å²) in [4.78, 5) is 34.5. The molecule has 0 saturated carbocycles. The van der Waals surface area contributed by atoms with Gasteiger partial charge in [-0.3, -0.25) is 14.2 Å². The van der Waals surface area contributed by atoms with Crippen LogP contribution >= 0.6 is 23.1 Å². The lowest BCUT2D eigenvalue weighted by atomic mass is 9.97. The zero-order valence-corrected chi connectivity index (χ0v) is 18.3. The number of amides is 1. The Morgan fingerprint density at radius 2 is 2.14 bits per heavy atom. The van der Waals surface area contributed by atoms with Gasteiger partial charge in [-0.05, 0) is 51.0 Å². The zero-order chi connectivity index (χ0) is 19.8. The molecule has 4 rings (SSSR count). The first-order valence-corrected chi connectivity index (χ1v) is 11.7. The molecule has 2 atom stereocenters. The molecule has 1 fully saturated rings. The highest BCUT2D eigenvalue weighted by atomic mass is 32.2. The second-order valence-electron chi connectivity index (χ2n) is 7.83. The quantitative estimate of drug-likeness (QED) is 0.548. The van der Waals surface area contributed by atoms with Crippen molar-refractivity contribution in [3.05, 3.63) is 20.8 Å². The molecule has 1 aliphatic carbocycles. The highest BCUT2D eigenvalue weighted by Gasteiger charge is 2.27. The fraction of sp³-hybridized carbons (Fsp3) is 0.650. The van der Waals surface area contributed by atoms with Crippen molar-refractivity contribution in [2.24, 2.45) is 0 Å². The maximum absolute atomic E-state index is 13.5. The van der Waals surface area contributed by atoms with Gasteiger partial charge in [0.1, 0.15) is 4.83 Å². The van der Waals surface area contributed by atoms with E-state index in [2.05, 4.69) is 0 Å². The third kappa shape index (κ3) is 3.74. The van der Waals surface area contributed by atoms with Gasteiger partial charge in [-0.15, -0.1) is 11.3 Å². The molecule has 2 aliphatic rings. The number of thiophene rings is 1. The van der Waals surface area contributed by atoms with Crippen LogP contribution in [0.4, 0.5) is 0 Å². The molecular formula is C20H27N3O3S2. The molecule has 0 N–H and O–H groups in total. The van der Waals surface area contributed by atoms with Gasteiger partial charge in [0.15, 0.2) is 5.16 Å². The molecule has 2 aromatic rings. The lowest BCUT2D eigenvalue weighted by molar-refractivity contribution is -0.127. The average Bonchev–Trinajstić information content (AvgIpc) is 3.31. The zero-order valence-electron chi connectivity index (χ0n) is 16.7. The molecule has 1 aliphatic heterocycles. The highest BCUT2D eigenvalue weighted by molar-refractivity contribution is 8.00. The Morgan fingerprint density at radius 3 is 2.86 bits per heavy atom. The van der Waals surface area contributed by atoms with Crippen LogP contribution in [-0.4, -0.2) is 52.4 Å². The van der Waals surface area contributed by atoms with Crippen molar-refractivity contribution in [3.63, 3.8) is 0 Å². The molecule has 3 heterocycles. The number of ether oxygens (including phenoxy) is 1. The predicted molar refractivity (Wildman–Crippen MR) is 114 cm³/mol. The van der Waals surface area contributed by atoms with Crippen LogP contribution in [-0.2, 0) is 28.9 Å². The number of hydrogen-bond acceptors (Lipinski definition) is 6. The number of carbonyl (C=O) groups is 1. The number of thioether (sulfide) groups is 1. The van der Waals surface area contributed by atoms with Gasteiger partial charge >= 0.3 is 0 Å².